The van der Waals surface area contributed by atoms with E-state index in [1.807, 2.05) is 121 Å². The molecule has 1 aromatic heterocycles. The molecule has 1 aliphatic heterocycles. The number of aromatic nitrogens is 2. The number of para-hydroxylation sites is 1. The molecule has 1 aliphatic rings. The molecule has 7 rings (SSSR count). The molecule has 1 amide bonds. The van der Waals surface area contributed by atoms with Crippen LogP contribution in [0.4, 0.5) is 17.1 Å². The van der Waals surface area contributed by atoms with Crippen molar-refractivity contribution in [2.75, 3.05) is 10.6 Å². The van der Waals surface area contributed by atoms with Crippen LogP contribution in [0.5, 0.6) is 0 Å². The van der Waals surface area contributed by atoms with E-state index in [4.69, 9.17) is 10.1 Å². The highest BCUT2D eigenvalue weighted by Crippen LogP contribution is 2.39. The lowest BCUT2D eigenvalue weighted by Gasteiger charge is -2.20. The van der Waals surface area contributed by atoms with E-state index in [9.17, 15) is 4.79 Å². The number of aliphatic imine (C=N–C) groups is 1. The van der Waals surface area contributed by atoms with Crippen molar-refractivity contribution < 1.29 is 4.79 Å². The molecule has 2 heterocycles. The highest BCUT2D eigenvalue weighted by atomic mass is 16.2. The largest absolute Gasteiger partial charge is 0.339 e. The Labute approximate surface area is 231 Å². The molecule has 0 radical (unpaired) electrons. The highest BCUT2D eigenvalue weighted by Gasteiger charge is 2.30. The maximum Gasteiger partial charge on any atom is 0.276 e. The van der Waals surface area contributed by atoms with Crippen molar-refractivity contribution in [2.45, 2.75) is 6.92 Å². The third-order valence-corrected chi connectivity index (χ3v) is 7.06. The Kier molecular flexibility index (Phi) is 5.71. The number of nitrogens with zero attached hydrogens (tertiary/aromatic N) is 3. The number of anilines is 2. The number of hydrogen-bond acceptors (Lipinski definition) is 4. The second kappa shape index (κ2) is 9.67. The van der Waals surface area contributed by atoms with E-state index in [0.29, 0.717) is 17.1 Å². The fraction of sp³-hybridized carbons (Fsp3) is 0.0294. The zero-order valence-corrected chi connectivity index (χ0v) is 21.8. The summed E-state index contributed by atoms with van der Waals surface area (Å²) in [5.74, 6) is 0.257. The number of amides is 1. The molecule has 0 atom stereocenters. The summed E-state index contributed by atoms with van der Waals surface area (Å²) in [6.07, 6.45) is 0. The number of aryl methyl sites for hydroxylation is 1. The maximum atomic E-state index is 13.9. The number of nitrogens with one attached hydrogen (secondary N) is 2. The lowest BCUT2D eigenvalue weighted by molar-refractivity contribution is 0.102. The van der Waals surface area contributed by atoms with E-state index < -0.39 is 0 Å². The van der Waals surface area contributed by atoms with E-state index in [2.05, 4.69) is 22.8 Å². The van der Waals surface area contributed by atoms with Crippen LogP contribution in [-0.2, 0) is 0 Å². The number of rotatable bonds is 5. The summed E-state index contributed by atoms with van der Waals surface area (Å²) in [6, 6.07) is 39.8. The van der Waals surface area contributed by atoms with Crippen molar-refractivity contribution in [1.82, 2.24) is 9.78 Å². The SMILES string of the molecule is Cc1ccc(-n2nc(C(=O)Nc3ccccc3)c(C3=Nc4cccc5cccc(c45)N3)c2-c2ccccc2)cc1. The summed E-state index contributed by atoms with van der Waals surface area (Å²) < 4.78 is 1.84. The van der Waals surface area contributed by atoms with Gasteiger partial charge in [-0.15, -0.1) is 0 Å². The fourth-order valence-corrected chi connectivity index (χ4v) is 5.16. The number of carbonyl (C=O) groups is 1. The summed E-state index contributed by atoms with van der Waals surface area (Å²) in [6.45, 7) is 2.05. The molecule has 0 saturated carbocycles. The fourth-order valence-electron chi connectivity index (χ4n) is 5.16. The van der Waals surface area contributed by atoms with E-state index in [-0.39, 0.29) is 11.6 Å². The molecule has 0 bridgehead atoms. The van der Waals surface area contributed by atoms with Crippen LogP contribution in [0.1, 0.15) is 21.6 Å². The van der Waals surface area contributed by atoms with Crippen LogP contribution < -0.4 is 10.6 Å². The Hall–Kier alpha value is -5.49. The molecular formula is C34H25N5O. The lowest BCUT2D eigenvalue weighted by Crippen LogP contribution is -2.22. The third kappa shape index (κ3) is 4.12. The van der Waals surface area contributed by atoms with Crippen LogP contribution in [0.25, 0.3) is 27.7 Å². The minimum atomic E-state index is -0.314. The van der Waals surface area contributed by atoms with Gasteiger partial charge in [-0.2, -0.15) is 5.10 Å². The predicted molar refractivity (Wildman–Crippen MR) is 162 cm³/mol. The third-order valence-electron chi connectivity index (χ3n) is 7.06. The van der Waals surface area contributed by atoms with Gasteiger partial charge in [-0.3, -0.25) is 4.79 Å². The van der Waals surface area contributed by atoms with Gasteiger partial charge in [0, 0.05) is 22.3 Å². The van der Waals surface area contributed by atoms with Crippen molar-refractivity contribution in [1.29, 1.82) is 0 Å². The minimum absolute atomic E-state index is 0.279. The average molecular weight is 520 g/mol. The molecule has 6 aromatic rings. The molecule has 2 N–H and O–H groups in total. The predicted octanol–water partition coefficient (Wildman–Crippen LogP) is 7.76. The van der Waals surface area contributed by atoms with E-state index >= 15 is 0 Å². The summed E-state index contributed by atoms with van der Waals surface area (Å²) in [4.78, 5) is 19.0. The van der Waals surface area contributed by atoms with Crippen molar-refractivity contribution in [2.24, 2.45) is 4.99 Å². The Morgan fingerprint density at radius 3 is 2.23 bits per heavy atom. The van der Waals surface area contributed by atoms with Crippen LogP contribution in [0.15, 0.2) is 126 Å². The van der Waals surface area contributed by atoms with Crippen LogP contribution >= 0.6 is 0 Å². The normalized spacial score (nSPS) is 12.1. The summed E-state index contributed by atoms with van der Waals surface area (Å²) >= 11 is 0. The van der Waals surface area contributed by atoms with Gasteiger partial charge in [0.25, 0.3) is 5.91 Å². The first-order chi connectivity index (χ1) is 19.7. The monoisotopic (exact) mass is 519 g/mol. The maximum absolute atomic E-state index is 13.9. The van der Waals surface area contributed by atoms with Crippen LogP contribution in [0.3, 0.4) is 0 Å². The first-order valence-electron chi connectivity index (χ1n) is 13.2. The van der Waals surface area contributed by atoms with Crippen molar-refractivity contribution in [3.8, 4) is 16.9 Å². The van der Waals surface area contributed by atoms with E-state index in [0.717, 1.165) is 44.7 Å². The van der Waals surface area contributed by atoms with Gasteiger partial charge in [0.2, 0.25) is 0 Å². The van der Waals surface area contributed by atoms with Crippen molar-refractivity contribution in [3.63, 3.8) is 0 Å². The Morgan fingerprint density at radius 2 is 1.48 bits per heavy atom. The zero-order chi connectivity index (χ0) is 27.1. The van der Waals surface area contributed by atoms with Gasteiger partial charge in [0.15, 0.2) is 5.69 Å². The highest BCUT2D eigenvalue weighted by molar-refractivity contribution is 6.24. The van der Waals surface area contributed by atoms with Crippen molar-refractivity contribution in [3.05, 3.63) is 138 Å². The smallest absolute Gasteiger partial charge is 0.276 e. The van der Waals surface area contributed by atoms with Crippen LogP contribution in [0, 0.1) is 6.92 Å². The minimum Gasteiger partial charge on any atom is -0.339 e. The van der Waals surface area contributed by atoms with Gasteiger partial charge in [0.05, 0.1) is 22.6 Å². The second-order valence-electron chi connectivity index (χ2n) is 9.77. The topological polar surface area (TPSA) is 71.3 Å². The summed E-state index contributed by atoms with van der Waals surface area (Å²) in [7, 11) is 0. The first kappa shape index (κ1) is 23.6. The Bertz CT molecular complexity index is 1900. The first-order valence-corrected chi connectivity index (χ1v) is 13.2. The summed E-state index contributed by atoms with van der Waals surface area (Å²) in [5, 5.41) is 13.7. The van der Waals surface area contributed by atoms with Crippen molar-refractivity contribution >= 4 is 39.6 Å². The van der Waals surface area contributed by atoms with Gasteiger partial charge in [-0.05, 0) is 48.7 Å². The molecule has 40 heavy (non-hydrogen) atoms. The van der Waals surface area contributed by atoms with E-state index in [1.54, 1.807) is 0 Å². The Morgan fingerprint density at radius 1 is 0.775 bits per heavy atom. The lowest BCUT2D eigenvalue weighted by atomic mass is 10.0. The number of hydrogen-bond donors (Lipinski definition) is 2. The van der Waals surface area contributed by atoms with Gasteiger partial charge in [-0.25, -0.2) is 9.67 Å². The average Bonchev–Trinajstić information content (AvgIpc) is 3.40. The standard InChI is InChI=1S/C34H25N5O/c1-22-18-20-26(21-19-22)39-32(24-10-4-2-5-11-24)30(31(38-39)34(40)35-25-14-6-3-7-15-25)33-36-27-16-8-12-23-13-9-17-28(37-33)29(23)27/h2-21H,1H3,(H,35,40)(H,36,37). The summed E-state index contributed by atoms with van der Waals surface area (Å²) in [5.41, 5.74) is 7.08. The zero-order valence-electron chi connectivity index (χ0n) is 21.8. The number of amidine groups is 1. The molecule has 6 heteroatoms. The second-order valence-corrected chi connectivity index (χ2v) is 9.77. The molecule has 192 valence electrons. The molecule has 0 spiro atoms. The molecule has 6 nitrogen and oxygen atoms in total. The molecule has 0 saturated heterocycles. The molecule has 5 aromatic carbocycles. The molecule has 0 unspecified atom stereocenters. The van der Waals surface area contributed by atoms with Crippen LogP contribution in [-0.4, -0.2) is 21.5 Å². The van der Waals surface area contributed by atoms with Gasteiger partial charge < -0.3 is 10.6 Å². The molecular weight excluding hydrogens is 494 g/mol. The van der Waals surface area contributed by atoms with Gasteiger partial charge in [-0.1, -0.05) is 90.5 Å². The molecule has 0 aliphatic carbocycles. The van der Waals surface area contributed by atoms with Crippen LogP contribution in [0.2, 0.25) is 0 Å². The number of benzene rings is 5. The molecule has 0 fully saturated rings. The van der Waals surface area contributed by atoms with E-state index in [1.165, 1.54) is 0 Å². The van der Waals surface area contributed by atoms with Gasteiger partial charge in [0.1, 0.15) is 5.84 Å². The quantitative estimate of drug-likeness (QED) is 0.245. The number of carbonyl (C=O) groups excluding carboxylic acids is 1. The van der Waals surface area contributed by atoms with Gasteiger partial charge >= 0.3 is 0 Å². The Balaban J connectivity index is 1.50.